The van der Waals surface area contributed by atoms with E-state index in [0.717, 1.165) is 11.3 Å². The molecule has 1 amide bonds. The molecule has 3 rings (SSSR count). The van der Waals surface area contributed by atoms with Crippen molar-refractivity contribution in [3.05, 3.63) is 59.9 Å². The van der Waals surface area contributed by atoms with Gasteiger partial charge in [-0.1, -0.05) is 41.6 Å². The number of amides is 1. The SMILES string of the molecule is Cc1ccc(NC(=O)[C@@H](C)Sc2nnc(-c3ccccc3F)n2C)cc1. The first kappa shape index (κ1) is 18.1. The van der Waals surface area contributed by atoms with Crippen LogP contribution in [0.3, 0.4) is 0 Å². The van der Waals surface area contributed by atoms with Crippen LogP contribution in [-0.2, 0) is 11.8 Å². The molecule has 5 nitrogen and oxygen atoms in total. The molecule has 0 aliphatic rings. The number of thioether (sulfide) groups is 1. The predicted molar refractivity (Wildman–Crippen MR) is 102 cm³/mol. The molecule has 3 aromatic rings. The number of rotatable bonds is 5. The van der Waals surface area contributed by atoms with Crippen LogP contribution in [0.1, 0.15) is 12.5 Å². The Hall–Kier alpha value is -2.67. The highest BCUT2D eigenvalue weighted by atomic mass is 32.2. The van der Waals surface area contributed by atoms with E-state index in [9.17, 15) is 9.18 Å². The molecule has 0 bridgehead atoms. The van der Waals surface area contributed by atoms with Gasteiger partial charge in [-0.2, -0.15) is 0 Å². The second-order valence-electron chi connectivity index (χ2n) is 5.96. The fourth-order valence-corrected chi connectivity index (χ4v) is 3.20. The van der Waals surface area contributed by atoms with E-state index in [4.69, 9.17) is 0 Å². The molecule has 7 heteroatoms. The third-order valence-electron chi connectivity index (χ3n) is 3.92. The minimum Gasteiger partial charge on any atom is -0.325 e. The number of halogens is 1. The Kier molecular flexibility index (Phi) is 5.37. The van der Waals surface area contributed by atoms with Crippen LogP contribution >= 0.6 is 11.8 Å². The van der Waals surface area contributed by atoms with Crippen LogP contribution in [-0.4, -0.2) is 25.9 Å². The third kappa shape index (κ3) is 3.94. The Morgan fingerprint density at radius 1 is 1.15 bits per heavy atom. The van der Waals surface area contributed by atoms with Gasteiger partial charge in [-0.05, 0) is 38.1 Å². The second-order valence-corrected chi connectivity index (χ2v) is 7.27. The van der Waals surface area contributed by atoms with E-state index in [1.807, 2.05) is 31.2 Å². The van der Waals surface area contributed by atoms with E-state index in [-0.39, 0.29) is 17.0 Å². The normalized spacial score (nSPS) is 12.0. The zero-order valence-electron chi connectivity index (χ0n) is 14.7. The number of aryl methyl sites for hydroxylation is 1. The molecule has 0 spiro atoms. The van der Waals surface area contributed by atoms with Gasteiger partial charge in [0.2, 0.25) is 5.91 Å². The molecule has 0 unspecified atom stereocenters. The summed E-state index contributed by atoms with van der Waals surface area (Å²) in [5.74, 6) is -0.0595. The van der Waals surface area contributed by atoms with Gasteiger partial charge in [0.25, 0.3) is 0 Å². The summed E-state index contributed by atoms with van der Waals surface area (Å²) in [7, 11) is 1.76. The highest BCUT2D eigenvalue weighted by molar-refractivity contribution is 8.00. The quantitative estimate of drug-likeness (QED) is 0.689. The first-order valence-electron chi connectivity index (χ1n) is 8.14. The average molecular weight is 370 g/mol. The number of nitrogens with zero attached hydrogens (tertiary/aromatic N) is 3. The summed E-state index contributed by atoms with van der Waals surface area (Å²) in [5.41, 5.74) is 2.26. The van der Waals surface area contributed by atoms with E-state index in [1.165, 1.54) is 17.8 Å². The van der Waals surface area contributed by atoms with E-state index >= 15 is 0 Å². The molecular weight excluding hydrogens is 351 g/mol. The second kappa shape index (κ2) is 7.70. The van der Waals surface area contributed by atoms with Gasteiger partial charge in [0.05, 0.1) is 10.8 Å². The standard InChI is InChI=1S/C19H19FN4OS/c1-12-8-10-14(11-9-12)21-18(25)13(2)26-19-23-22-17(24(19)3)15-6-4-5-7-16(15)20/h4-11,13H,1-3H3,(H,21,25)/t13-/m1/s1. The maximum Gasteiger partial charge on any atom is 0.237 e. The molecule has 0 aliphatic carbocycles. The van der Waals surface area contributed by atoms with Crippen LogP contribution in [0.2, 0.25) is 0 Å². The molecule has 1 aromatic heterocycles. The van der Waals surface area contributed by atoms with Crippen LogP contribution < -0.4 is 5.32 Å². The van der Waals surface area contributed by atoms with E-state index in [0.29, 0.717) is 16.5 Å². The maximum absolute atomic E-state index is 14.0. The van der Waals surface area contributed by atoms with Crippen molar-refractivity contribution < 1.29 is 9.18 Å². The first-order valence-corrected chi connectivity index (χ1v) is 9.02. The van der Waals surface area contributed by atoms with Crippen LogP contribution in [0.25, 0.3) is 11.4 Å². The summed E-state index contributed by atoms with van der Waals surface area (Å²) in [6.45, 7) is 3.79. The van der Waals surface area contributed by atoms with Gasteiger partial charge < -0.3 is 9.88 Å². The Morgan fingerprint density at radius 2 is 1.85 bits per heavy atom. The van der Waals surface area contributed by atoms with Crippen molar-refractivity contribution in [3.63, 3.8) is 0 Å². The highest BCUT2D eigenvalue weighted by Crippen LogP contribution is 2.27. The van der Waals surface area contributed by atoms with Gasteiger partial charge in [0.15, 0.2) is 11.0 Å². The fraction of sp³-hybridized carbons (Fsp3) is 0.211. The minimum absolute atomic E-state index is 0.130. The van der Waals surface area contributed by atoms with Crippen LogP contribution in [0.4, 0.5) is 10.1 Å². The van der Waals surface area contributed by atoms with Gasteiger partial charge in [0.1, 0.15) is 5.82 Å². The average Bonchev–Trinajstić information content (AvgIpc) is 2.98. The minimum atomic E-state index is -0.382. The van der Waals surface area contributed by atoms with E-state index in [1.54, 1.807) is 36.7 Å². The Bertz CT molecular complexity index is 924. The first-order chi connectivity index (χ1) is 12.5. The number of benzene rings is 2. The molecule has 0 aliphatic heterocycles. The molecule has 2 aromatic carbocycles. The van der Waals surface area contributed by atoms with Crippen molar-refractivity contribution >= 4 is 23.4 Å². The van der Waals surface area contributed by atoms with Crippen molar-refractivity contribution in [1.82, 2.24) is 14.8 Å². The number of nitrogens with one attached hydrogen (secondary N) is 1. The molecule has 0 radical (unpaired) electrons. The van der Waals surface area contributed by atoms with Crippen LogP contribution in [0, 0.1) is 12.7 Å². The summed E-state index contributed by atoms with van der Waals surface area (Å²) in [4.78, 5) is 12.4. The van der Waals surface area contributed by atoms with E-state index < -0.39 is 0 Å². The number of anilines is 1. The van der Waals surface area contributed by atoms with Crippen LogP contribution in [0.5, 0.6) is 0 Å². The fourth-order valence-electron chi connectivity index (χ4n) is 2.39. The van der Waals surface area contributed by atoms with E-state index in [2.05, 4.69) is 15.5 Å². The summed E-state index contributed by atoms with van der Waals surface area (Å²) >= 11 is 1.28. The zero-order valence-corrected chi connectivity index (χ0v) is 15.5. The summed E-state index contributed by atoms with van der Waals surface area (Å²) < 4.78 is 15.7. The molecular formula is C19H19FN4OS. The summed E-state index contributed by atoms with van der Waals surface area (Å²) in [6, 6.07) is 14.0. The lowest BCUT2D eigenvalue weighted by atomic mass is 10.2. The Morgan fingerprint density at radius 3 is 2.54 bits per heavy atom. The number of aromatic nitrogens is 3. The number of hydrogen-bond donors (Lipinski definition) is 1. The molecule has 1 heterocycles. The van der Waals surface area contributed by atoms with Gasteiger partial charge in [-0.15, -0.1) is 10.2 Å². The maximum atomic E-state index is 14.0. The Labute approximate surface area is 155 Å². The van der Waals surface area contributed by atoms with Gasteiger partial charge in [-0.3, -0.25) is 4.79 Å². The molecule has 1 atom stereocenters. The van der Waals surface area contributed by atoms with Gasteiger partial charge >= 0.3 is 0 Å². The lowest BCUT2D eigenvalue weighted by Crippen LogP contribution is -2.22. The summed E-state index contributed by atoms with van der Waals surface area (Å²) in [6.07, 6.45) is 0. The number of hydrogen-bond acceptors (Lipinski definition) is 4. The van der Waals surface area contributed by atoms with Crippen molar-refractivity contribution in [2.45, 2.75) is 24.3 Å². The molecule has 0 saturated heterocycles. The van der Waals surface area contributed by atoms with Crippen molar-refractivity contribution in [1.29, 1.82) is 0 Å². The molecule has 0 saturated carbocycles. The van der Waals surface area contributed by atoms with Crippen molar-refractivity contribution in [2.75, 3.05) is 5.32 Å². The summed E-state index contributed by atoms with van der Waals surface area (Å²) in [5, 5.41) is 11.2. The monoisotopic (exact) mass is 370 g/mol. The molecule has 1 N–H and O–H groups in total. The lowest BCUT2D eigenvalue weighted by Gasteiger charge is -2.12. The van der Waals surface area contributed by atoms with Gasteiger partial charge in [-0.25, -0.2) is 4.39 Å². The third-order valence-corrected chi connectivity index (χ3v) is 5.05. The topological polar surface area (TPSA) is 59.8 Å². The number of carbonyl (C=O) groups excluding carboxylic acids is 1. The smallest absolute Gasteiger partial charge is 0.237 e. The zero-order chi connectivity index (χ0) is 18.7. The number of carbonyl (C=O) groups is 1. The molecule has 26 heavy (non-hydrogen) atoms. The molecule has 134 valence electrons. The van der Waals surface area contributed by atoms with Crippen molar-refractivity contribution in [2.24, 2.45) is 7.05 Å². The van der Waals surface area contributed by atoms with Gasteiger partial charge in [0, 0.05) is 12.7 Å². The molecule has 0 fully saturated rings. The predicted octanol–water partition coefficient (Wildman–Crippen LogP) is 4.05. The largest absolute Gasteiger partial charge is 0.325 e. The highest BCUT2D eigenvalue weighted by Gasteiger charge is 2.20. The lowest BCUT2D eigenvalue weighted by molar-refractivity contribution is -0.115. The Balaban J connectivity index is 1.71. The van der Waals surface area contributed by atoms with Crippen LogP contribution in [0.15, 0.2) is 53.7 Å². The van der Waals surface area contributed by atoms with Crippen molar-refractivity contribution in [3.8, 4) is 11.4 Å².